The molecule has 0 heterocycles. The second-order valence-electron chi connectivity index (χ2n) is 4.48. The molecule has 1 atom stereocenters. The van der Waals surface area contributed by atoms with Gasteiger partial charge < -0.3 is 14.8 Å². The number of thioether (sulfide) groups is 1. The second-order valence-corrected chi connectivity index (χ2v) is 5.56. The van der Waals surface area contributed by atoms with Gasteiger partial charge in [0.1, 0.15) is 11.6 Å². The topological polar surface area (TPSA) is 64.6 Å². The predicted molar refractivity (Wildman–Crippen MR) is 63.7 cm³/mol. The first-order valence-electron chi connectivity index (χ1n) is 5.22. The minimum Gasteiger partial charge on any atom is -0.467 e. The van der Waals surface area contributed by atoms with E-state index in [0.29, 0.717) is 0 Å². The molecule has 0 aliphatic heterocycles. The summed E-state index contributed by atoms with van der Waals surface area (Å²) in [6.07, 6.45) is -0.981. The third-order valence-corrected chi connectivity index (χ3v) is 2.42. The van der Waals surface area contributed by atoms with E-state index in [-0.39, 0.29) is 0 Å². The Bertz CT molecular complexity index is 328. The summed E-state index contributed by atoms with van der Waals surface area (Å²) in [5, 5.41) is 2.04. The first-order chi connectivity index (χ1) is 8.44. The number of carbonyl (C=O) groups excluding carboxylic acids is 2. The van der Waals surface area contributed by atoms with E-state index in [0.717, 1.165) is 7.11 Å². The number of hydrogen-bond acceptors (Lipinski definition) is 5. The Morgan fingerprint density at radius 1 is 1.26 bits per heavy atom. The maximum absolute atomic E-state index is 12.1. The molecule has 0 radical (unpaired) electrons. The van der Waals surface area contributed by atoms with E-state index in [9.17, 15) is 22.8 Å². The maximum atomic E-state index is 12.1. The third-order valence-electron chi connectivity index (χ3n) is 1.59. The van der Waals surface area contributed by atoms with Crippen LogP contribution in [0.1, 0.15) is 20.8 Å². The van der Waals surface area contributed by atoms with Gasteiger partial charge in [-0.3, -0.25) is 0 Å². The minimum atomic E-state index is -4.50. The number of rotatable bonds is 4. The molecule has 1 amide bonds. The van der Waals surface area contributed by atoms with E-state index in [4.69, 9.17) is 4.74 Å². The average Bonchev–Trinajstić information content (AvgIpc) is 2.19. The highest BCUT2D eigenvalue weighted by atomic mass is 32.2. The van der Waals surface area contributed by atoms with Gasteiger partial charge in [-0.05, 0) is 32.5 Å². The van der Waals surface area contributed by atoms with E-state index in [1.807, 2.05) is 5.32 Å². The lowest BCUT2D eigenvalue weighted by Crippen LogP contribution is -2.45. The number of alkyl carbamates (subject to hydrolysis) is 1. The monoisotopic (exact) mass is 303 g/mol. The second kappa shape index (κ2) is 6.88. The molecule has 0 unspecified atom stereocenters. The number of hydrogen-bond donors (Lipinski definition) is 1. The van der Waals surface area contributed by atoms with Crippen molar-refractivity contribution in [1.29, 1.82) is 0 Å². The fourth-order valence-electron chi connectivity index (χ4n) is 0.939. The summed E-state index contributed by atoms with van der Waals surface area (Å²) in [4.78, 5) is 22.6. The summed E-state index contributed by atoms with van der Waals surface area (Å²) in [6.45, 7) is 4.76. The Balaban J connectivity index is 4.52. The molecule has 0 rings (SSSR count). The smallest absolute Gasteiger partial charge is 0.441 e. The summed E-state index contributed by atoms with van der Waals surface area (Å²) in [5.41, 5.74) is -5.32. The van der Waals surface area contributed by atoms with Crippen molar-refractivity contribution in [2.45, 2.75) is 37.9 Å². The Labute approximate surface area is 113 Å². The Morgan fingerprint density at radius 3 is 2.16 bits per heavy atom. The predicted octanol–water partition coefficient (Wildman–Crippen LogP) is 2.31. The maximum Gasteiger partial charge on any atom is 0.441 e. The van der Waals surface area contributed by atoms with Crippen LogP contribution >= 0.6 is 11.8 Å². The molecule has 0 aromatic carbocycles. The van der Waals surface area contributed by atoms with Gasteiger partial charge in [0.15, 0.2) is 0 Å². The Kier molecular flexibility index (Phi) is 6.47. The van der Waals surface area contributed by atoms with Gasteiger partial charge in [0.25, 0.3) is 0 Å². The van der Waals surface area contributed by atoms with Gasteiger partial charge >= 0.3 is 17.6 Å². The Hall–Kier alpha value is -1.12. The number of alkyl halides is 3. The van der Waals surface area contributed by atoms with Crippen LogP contribution in [0.25, 0.3) is 0 Å². The molecule has 0 saturated carbocycles. The quantitative estimate of drug-likeness (QED) is 0.807. The lowest BCUT2D eigenvalue weighted by molar-refractivity contribution is -0.142. The molecule has 0 spiro atoms. The van der Waals surface area contributed by atoms with Gasteiger partial charge in [0.05, 0.1) is 7.11 Å². The van der Waals surface area contributed by atoms with Crippen molar-refractivity contribution < 1.29 is 32.2 Å². The van der Waals surface area contributed by atoms with Gasteiger partial charge in [-0.2, -0.15) is 13.2 Å². The lowest BCUT2D eigenvalue weighted by atomic mass is 10.2. The number of amides is 1. The zero-order valence-corrected chi connectivity index (χ0v) is 11.8. The van der Waals surface area contributed by atoms with E-state index < -0.39 is 46.7 Å². The highest BCUT2D eigenvalue weighted by molar-refractivity contribution is 8.00. The summed E-state index contributed by atoms with van der Waals surface area (Å²) < 4.78 is 45.3. The molecule has 0 fully saturated rings. The summed E-state index contributed by atoms with van der Waals surface area (Å²) >= 11 is -0.426. The van der Waals surface area contributed by atoms with Crippen molar-refractivity contribution in [3.8, 4) is 0 Å². The number of halogens is 3. The van der Waals surface area contributed by atoms with Crippen molar-refractivity contribution in [3.05, 3.63) is 0 Å². The van der Waals surface area contributed by atoms with Crippen LogP contribution in [0.3, 0.4) is 0 Å². The summed E-state index contributed by atoms with van der Waals surface area (Å²) in [5.74, 6) is -1.65. The van der Waals surface area contributed by atoms with Crippen molar-refractivity contribution in [1.82, 2.24) is 5.32 Å². The molecular weight excluding hydrogens is 287 g/mol. The standard InChI is InChI=1S/C10H16F3NO4S/c1-9(2,3)18-8(16)14-6(7(15)17-4)5-19-10(11,12)13/h6H,5H2,1-4H3,(H,14,16)/t6-/m0/s1. The molecule has 0 aliphatic rings. The van der Waals surface area contributed by atoms with Crippen molar-refractivity contribution in [2.75, 3.05) is 12.9 Å². The highest BCUT2D eigenvalue weighted by Gasteiger charge is 2.33. The highest BCUT2D eigenvalue weighted by Crippen LogP contribution is 2.30. The molecule has 0 bridgehead atoms. The number of ether oxygens (including phenoxy) is 2. The molecular formula is C10H16F3NO4S. The molecule has 5 nitrogen and oxygen atoms in total. The molecule has 1 N–H and O–H groups in total. The van der Waals surface area contributed by atoms with Gasteiger partial charge in [-0.15, -0.1) is 0 Å². The van der Waals surface area contributed by atoms with Crippen LogP contribution in [0.15, 0.2) is 0 Å². The SMILES string of the molecule is COC(=O)[C@H](CSC(F)(F)F)NC(=O)OC(C)(C)C. The van der Waals surface area contributed by atoms with Crippen LogP contribution in [0.4, 0.5) is 18.0 Å². The lowest BCUT2D eigenvalue weighted by Gasteiger charge is -2.22. The number of carbonyl (C=O) groups is 2. The first-order valence-corrected chi connectivity index (χ1v) is 6.21. The molecule has 0 saturated heterocycles. The molecule has 0 aliphatic carbocycles. The van der Waals surface area contributed by atoms with Gasteiger partial charge in [0.2, 0.25) is 0 Å². The summed E-state index contributed by atoms with van der Waals surface area (Å²) in [6, 6.07) is -1.42. The van der Waals surface area contributed by atoms with E-state index >= 15 is 0 Å². The average molecular weight is 303 g/mol. The molecule has 0 aromatic heterocycles. The number of methoxy groups -OCH3 is 1. The van der Waals surface area contributed by atoms with Gasteiger partial charge in [-0.1, -0.05) is 0 Å². The van der Waals surface area contributed by atoms with Crippen LogP contribution in [0, 0.1) is 0 Å². The zero-order valence-electron chi connectivity index (χ0n) is 11.0. The van der Waals surface area contributed by atoms with Crippen LogP contribution in [-0.2, 0) is 14.3 Å². The zero-order chi connectivity index (χ0) is 15.3. The van der Waals surface area contributed by atoms with Crippen molar-refractivity contribution in [2.24, 2.45) is 0 Å². The number of nitrogens with one attached hydrogen (secondary N) is 1. The Morgan fingerprint density at radius 2 is 1.79 bits per heavy atom. The molecule has 0 aromatic rings. The van der Waals surface area contributed by atoms with E-state index in [1.54, 1.807) is 20.8 Å². The van der Waals surface area contributed by atoms with Crippen LogP contribution in [-0.4, -0.2) is 42.1 Å². The summed E-state index contributed by atoms with van der Waals surface area (Å²) in [7, 11) is 1.02. The van der Waals surface area contributed by atoms with Crippen LogP contribution in [0.5, 0.6) is 0 Å². The fourth-order valence-corrected chi connectivity index (χ4v) is 1.51. The van der Waals surface area contributed by atoms with Gasteiger partial charge in [0, 0.05) is 5.75 Å². The van der Waals surface area contributed by atoms with Crippen LogP contribution < -0.4 is 5.32 Å². The van der Waals surface area contributed by atoms with Crippen LogP contribution in [0.2, 0.25) is 0 Å². The first kappa shape index (κ1) is 17.9. The normalized spacial score (nSPS) is 13.6. The van der Waals surface area contributed by atoms with Crippen molar-refractivity contribution >= 4 is 23.8 Å². The molecule has 9 heteroatoms. The third kappa shape index (κ3) is 9.46. The van der Waals surface area contributed by atoms with Gasteiger partial charge in [-0.25, -0.2) is 9.59 Å². The fraction of sp³-hybridized carbons (Fsp3) is 0.800. The molecule has 112 valence electrons. The van der Waals surface area contributed by atoms with Crippen molar-refractivity contribution in [3.63, 3.8) is 0 Å². The minimum absolute atomic E-state index is 0.426. The number of esters is 1. The molecule has 19 heavy (non-hydrogen) atoms. The van der Waals surface area contributed by atoms with E-state index in [1.165, 1.54) is 0 Å². The van der Waals surface area contributed by atoms with E-state index in [2.05, 4.69) is 4.74 Å². The largest absolute Gasteiger partial charge is 0.467 e.